The number of tetrazole rings is 1. The fourth-order valence-corrected chi connectivity index (χ4v) is 2.11. The van der Waals surface area contributed by atoms with Crippen LogP contribution >= 0.6 is 0 Å². The maximum absolute atomic E-state index is 13.8. The first-order valence-electron chi connectivity index (χ1n) is 6.57. The van der Waals surface area contributed by atoms with Crippen molar-refractivity contribution in [3.8, 4) is 5.69 Å². The standard InChI is InChI=1S/C15H14FN5/c1-11-6-5-9-13(16)15(11)17-10-14-18-19-20-21(14)12-7-3-2-4-8-12/h2-9,17H,10H2,1H3. The van der Waals surface area contributed by atoms with Crippen LogP contribution in [-0.4, -0.2) is 20.2 Å². The highest BCUT2D eigenvalue weighted by atomic mass is 19.1. The molecule has 1 N–H and O–H groups in total. The van der Waals surface area contributed by atoms with Gasteiger partial charge in [0, 0.05) is 0 Å². The normalized spacial score (nSPS) is 10.6. The molecule has 21 heavy (non-hydrogen) atoms. The van der Waals surface area contributed by atoms with Gasteiger partial charge in [-0.2, -0.15) is 4.68 Å². The third-order valence-corrected chi connectivity index (χ3v) is 3.18. The van der Waals surface area contributed by atoms with Gasteiger partial charge in [-0.1, -0.05) is 30.3 Å². The van der Waals surface area contributed by atoms with Gasteiger partial charge in [-0.15, -0.1) is 5.10 Å². The molecule has 3 aromatic rings. The van der Waals surface area contributed by atoms with Crippen LogP contribution in [0.25, 0.3) is 5.69 Å². The van der Waals surface area contributed by atoms with Gasteiger partial charge in [0.1, 0.15) is 5.82 Å². The molecule has 0 amide bonds. The molecule has 0 aliphatic rings. The van der Waals surface area contributed by atoms with E-state index in [0.29, 0.717) is 18.1 Å². The second-order valence-electron chi connectivity index (χ2n) is 4.63. The van der Waals surface area contributed by atoms with Gasteiger partial charge in [-0.3, -0.25) is 0 Å². The fourth-order valence-electron chi connectivity index (χ4n) is 2.11. The van der Waals surface area contributed by atoms with Crippen LogP contribution in [0.5, 0.6) is 0 Å². The van der Waals surface area contributed by atoms with E-state index >= 15 is 0 Å². The molecular formula is C15H14FN5. The Bertz CT molecular complexity index is 719. The van der Waals surface area contributed by atoms with Crippen molar-refractivity contribution in [1.29, 1.82) is 0 Å². The molecule has 0 unspecified atom stereocenters. The molecule has 5 nitrogen and oxygen atoms in total. The van der Waals surface area contributed by atoms with Gasteiger partial charge < -0.3 is 5.32 Å². The van der Waals surface area contributed by atoms with Crippen molar-refractivity contribution in [2.75, 3.05) is 5.32 Å². The Morgan fingerprint density at radius 1 is 1.10 bits per heavy atom. The van der Waals surface area contributed by atoms with Crippen LogP contribution in [0.1, 0.15) is 11.4 Å². The lowest BCUT2D eigenvalue weighted by molar-refractivity contribution is 0.628. The summed E-state index contributed by atoms with van der Waals surface area (Å²) < 4.78 is 15.4. The van der Waals surface area contributed by atoms with E-state index in [2.05, 4.69) is 20.8 Å². The molecular weight excluding hydrogens is 269 g/mol. The molecule has 3 rings (SSSR count). The zero-order valence-electron chi connectivity index (χ0n) is 11.5. The quantitative estimate of drug-likeness (QED) is 0.800. The fraction of sp³-hybridized carbons (Fsp3) is 0.133. The van der Waals surface area contributed by atoms with Crippen molar-refractivity contribution in [2.45, 2.75) is 13.5 Å². The Hall–Kier alpha value is -2.76. The summed E-state index contributed by atoms with van der Waals surface area (Å²) in [5, 5.41) is 14.7. The highest BCUT2D eigenvalue weighted by molar-refractivity contribution is 5.51. The van der Waals surface area contributed by atoms with Crippen LogP contribution in [0.2, 0.25) is 0 Å². The van der Waals surface area contributed by atoms with E-state index in [1.165, 1.54) is 6.07 Å². The molecule has 0 atom stereocenters. The highest BCUT2D eigenvalue weighted by Gasteiger charge is 2.10. The molecule has 1 aromatic heterocycles. The summed E-state index contributed by atoms with van der Waals surface area (Å²) in [5.74, 6) is 0.331. The average molecular weight is 283 g/mol. The van der Waals surface area contributed by atoms with E-state index in [-0.39, 0.29) is 5.82 Å². The third-order valence-electron chi connectivity index (χ3n) is 3.18. The molecule has 0 bridgehead atoms. The average Bonchev–Trinajstić information content (AvgIpc) is 2.96. The summed E-state index contributed by atoms with van der Waals surface area (Å²) in [5.41, 5.74) is 2.18. The predicted octanol–water partition coefficient (Wildman–Crippen LogP) is 2.72. The van der Waals surface area contributed by atoms with Crippen LogP contribution in [0.3, 0.4) is 0 Å². The number of hydrogen-bond donors (Lipinski definition) is 1. The van der Waals surface area contributed by atoms with Crippen molar-refractivity contribution >= 4 is 5.69 Å². The van der Waals surface area contributed by atoms with Gasteiger partial charge in [0.05, 0.1) is 17.9 Å². The lowest BCUT2D eigenvalue weighted by Gasteiger charge is -2.10. The van der Waals surface area contributed by atoms with Crippen LogP contribution in [-0.2, 0) is 6.54 Å². The Morgan fingerprint density at radius 2 is 1.90 bits per heavy atom. The molecule has 0 spiro atoms. The van der Waals surface area contributed by atoms with Crippen LogP contribution in [0, 0.1) is 12.7 Å². The topological polar surface area (TPSA) is 55.6 Å². The van der Waals surface area contributed by atoms with Gasteiger partial charge in [0.15, 0.2) is 5.82 Å². The molecule has 106 valence electrons. The summed E-state index contributed by atoms with van der Waals surface area (Å²) in [6.07, 6.45) is 0. The second kappa shape index (κ2) is 5.70. The number of nitrogens with zero attached hydrogens (tertiary/aromatic N) is 4. The molecule has 0 radical (unpaired) electrons. The number of nitrogens with one attached hydrogen (secondary N) is 1. The monoisotopic (exact) mass is 283 g/mol. The molecule has 2 aromatic carbocycles. The number of para-hydroxylation sites is 2. The molecule has 0 aliphatic heterocycles. The number of hydrogen-bond acceptors (Lipinski definition) is 4. The molecule has 0 fully saturated rings. The maximum Gasteiger partial charge on any atom is 0.175 e. The van der Waals surface area contributed by atoms with Crippen molar-refractivity contribution in [2.24, 2.45) is 0 Å². The van der Waals surface area contributed by atoms with Crippen LogP contribution < -0.4 is 5.32 Å². The minimum Gasteiger partial charge on any atom is -0.375 e. The van der Waals surface area contributed by atoms with E-state index in [1.807, 2.05) is 43.3 Å². The van der Waals surface area contributed by atoms with Crippen molar-refractivity contribution in [3.63, 3.8) is 0 Å². The van der Waals surface area contributed by atoms with Crippen LogP contribution in [0.15, 0.2) is 48.5 Å². The van der Waals surface area contributed by atoms with Crippen molar-refractivity contribution in [1.82, 2.24) is 20.2 Å². The van der Waals surface area contributed by atoms with Gasteiger partial charge in [0.2, 0.25) is 0 Å². The van der Waals surface area contributed by atoms with E-state index in [0.717, 1.165) is 11.3 Å². The largest absolute Gasteiger partial charge is 0.375 e. The third kappa shape index (κ3) is 2.74. The number of anilines is 1. The van der Waals surface area contributed by atoms with Gasteiger partial charge in [0.25, 0.3) is 0 Å². The number of benzene rings is 2. The summed E-state index contributed by atoms with van der Waals surface area (Å²) in [6.45, 7) is 2.19. The zero-order valence-corrected chi connectivity index (χ0v) is 11.5. The first-order valence-corrected chi connectivity index (χ1v) is 6.57. The van der Waals surface area contributed by atoms with Crippen molar-refractivity contribution < 1.29 is 4.39 Å². The number of aromatic nitrogens is 4. The first kappa shape index (κ1) is 13.2. The van der Waals surface area contributed by atoms with E-state index in [9.17, 15) is 4.39 Å². The van der Waals surface area contributed by atoms with Gasteiger partial charge in [-0.05, 0) is 41.1 Å². The molecule has 0 saturated heterocycles. The summed E-state index contributed by atoms with van der Waals surface area (Å²) in [7, 11) is 0. The van der Waals surface area contributed by atoms with Gasteiger partial charge in [-0.25, -0.2) is 4.39 Å². The highest BCUT2D eigenvalue weighted by Crippen LogP contribution is 2.19. The van der Waals surface area contributed by atoms with Crippen molar-refractivity contribution in [3.05, 3.63) is 65.7 Å². The maximum atomic E-state index is 13.8. The predicted molar refractivity (Wildman–Crippen MR) is 77.6 cm³/mol. The Morgan fingerprint density at radius 3 is 2.67 bits per heavy atom. The Kier molecular flexibility index (Phi) is 3.59. The lowest BCUT2D eigenvalue weighted by Crippen LogP contribution is -2.10. The van der Waals surface area contributed by atoms with E-state index in [1.54, 1.807) is 10.7 Å². The number of aryl methyl sites for hydroxylation is 1. The Balaban J connectivity index is 1.83. The number of halogens is 1. The minimum atomic E-state index is -0.284. The minimum absolute atomic E-state index is 0.284. The lowest BCUT2D eigenvalue weighted by atomic mass is 10.2. The SMILES string of the molecule is Cc1cccc(F)c1NCc1nnnn1-c1ccccc1. The van der Waals surface area contributed by atoms with E-state index in [4.69, 9.17) is 0 Å². The first-order chi connectivity index (χ1) is 10.3. The molecule has 0 aliphatic carbocycles. The smallest absolute Gasteiger partial charge is 0.175 e. The summed E-state index contributed by atoms with van der Waals surface area (Å²) in [4.78, 5) is 0. The van der Waals surface area contributed by atoms with E-state index < -0.39 is 0 Å². The second-order valence-corrected chi connectivity index (χ2v) is 4.63. The molecule has 1 heterocycles. The summed E-state index contributed by atoms with van der Waals surface area (Å²) >= 11 is 0. The Labute approximate surface area is 121 Å². The summed E-state index contributed by atoms with van der Waals surface area (Å²) in [6, 6.07) is 14.5. The molecule has 0 saturated carbocycles. The number of rotatable bonds is 4. The molecule has 6 heteroatoms. The zero-order chi connectivity index (χ0) is 14.7. The van der Waals surface area contributed by atoms with Crippen LogP contribution in [0.4, 0.5) is 10.1 Å². The van der Waals surface area contributed by atoms with Gasteiger partial charge >= 0.3 is 0 Å².